The van der Waals surface area contributed by atoms with Crippen molar-refractivity contribution in [2.45, 2.75) is 38.6 Å². The van der Waals surface area contributed by atoms with E-state index >= 15 is 0 Å². The second-order valence-corrected chi connectivity index (χ2v) is 5.79. The van der Waals surface area contributed by atoms with E-state index in [0.717, 1.165) is 30.7 Å². The Balaban J connectivity index is 1.89. The van der Waals surface area contributed by atoms with Gasteiger partial charge in [-0.15, -0.1) is 0 Å². The van der Waals surface area contributed by atoms with E-state index in [1.165, 1.54) is 0 Å². The molecule has 2 aromatic rings. The SMILES string of the molecule is CC(C)c1cnc(N2CCCC2c2cccc(C#N)c2)o1. The zero-order chi connectivity index (χ0) is 14.8. The number of rotatable bonds is 3. The monoisotopic (exact) mass is 281 g/mol. The number of benzene rings is 1. The van der Waals surface area contributed by atoms with E-state index in [1.807, 2.05) is 24.4 Å². The van der Waals surface area contributed by atoms with Crippen LogP contribution in [-0.4, -0.2) is 11.5 Å². The molecule has 1 unspecified atom stereocenters. The maximum absolute atomic E-state index is 9.06. The largest absolute Gasteiger partial charge is 0.428 e. The number of hydrogen-bond acceptors (Lipinski definition) is 4. The van der Waals surface area contributed by atoms with Crippen LogP contribution in [0.2, 0.25) is 0 Å². The highest BCUT2D eigenvalue weighted by molar-refractivity contribution is 5.40. The first-order valence-electron chi connectivity index (χ1n) is 7.41. The van der Waals surface area contributed by atoms with Gasteiger partial charge in [0.05, 0.1) is 23.9 Å². The molecular weight excluding hydrogens is 262 g/mol. The Hall–Kier alpha value is -2.28. The minimum atomic E-state index is 0.247. The molecule has 1 atom stereocenters. The van der Waals surface area contributed by atoms with Gasteiger partial charge in [-0.2, -0.15) is 5.26 Å². The molecule has 0 radical (unpaired) electrons. The molecule has 1 saturated heterocycles. The number of hydrogen-bond donors (Lipinski definition) is 0. The molecular formula is C17H19N3O. The molecule has 108 valence electrons. The Bertz CT molecular complexity index is 669. The van der Waals surface area contributed by atoms with E-state index in [-0.39, 0.29) is 6.04 Å². The molecule has 4 heteroatoms. The Labute approximate surface area is 125 Å². The van der Waals surface area contributed by atoms with Crippen molar-refractivity contribution in [2.75, 3.05) is 11.4 Å². The van der Waals surface area contributed by atoms with Crippen LogP contribution >= 0.6 is 0 Å². The molecule has 1 aliphatic heterocycles. The summed E-state index contributed by atoms with van der Waals surface area (Å²) in [5, 5.41) is 9.06. The van der Waals surface area contributed by atoms with Crippen molar-refractivity contribution in [3.63, 3.8) is 0 Å². The summed E-state index contributed by atoms with van der Waals surface area (Å²) in [6, 6.07) is 11.0. The molecule has 0 aliphatic carbocycles. The summed E-state index contributed by atoms with van der Waals surface area (Å²) < 4.78 is 5.89. The smallest absolute Gasteiger partial charge is 0.297 e. The van der Waals surface area contributed by atoms with Crippen LogP contribution in [0.4, 0.5) is 6.01 Å². The summed E-state index contributed by atoms with van der Waals surface area (Å²) in [5.41, 5.74) is 1.87. The van der Waals surface area contributed by atoms with E-state index in [4.69, 9.17) is 9.68 Å². The van der Waals surface area contributed by atoms with Gasteiger partial charge in [0.1, 0.15) is 5.76 Å². The van der Waals surface area contributed by atoms with Crippen LogP contribution in [0.25, 0.3) is 0 Å². The highest BCUT2D eigenvalue weighted by Gasteiger charge is 2.29. The van der Waals surface area contributed by atoms with Crippen LogP contribution < -0.4 is 4.90 Å². The first-order valence-corrected chi connectivity index (χ1v) is 7.41. The molecule has 2 heterocycles. The third-order valence-electron chi connectivity index (χ3n) is 3.98. The number of nitriles is 1. The summed E-state index contributed by atoms with van der Waals surface area (Å²) in [4.78, 5) is 6.64. The Morgan fingerprint density at radius 2 is 2.29 bits per heavy atom. The number of anilines is 1. The van der Waals surface area contributed by atoms with Crippen molar-refractivity contribution in [2.24, 2.45) is 0 Å². The van der Waals surface area contributed by atoms with Gasteiger partial charge in [-0.3, -0.25) is 0 Å². The fourth-order valence-electron chi connectivity index (χ4n) is 2.83. The summed E-state index contributed by atoms with van der Waals surface area (Å²) >= 11 is 0. The van der Waals surface area contributed by atoms with Crippen molar-refractivity contribution >= 4 is 6.01 Å². The molecule has 3 rings (SSSR count). The molecule has 1 aromatic carbocycles. The van der Waals surface area contributed by atoms with Crippen LogP contribution in [0.3, 0.4) is 0 Å². The Kier molecular flexibility index (Phi) is 3.66. The standard InChI is InChI=1S/C17H19N3O/c1-12(2)16-11-19-17(21-16)20-8-4-7-15(20)14-6-3-5-13(9-14)10-18/h3,5-6,9,11-12,15H,4,7-8H2,1-2H3. The van der Waals surface area contributed by atoms with E-state index in [0.29, 0.717) is 17.5 Å². The second kappa shape index (κ2) is 5.61. The summed E-state index contributed by atoms with van der Waals surface area (Å²) in [7, 11) is 0. The van der Waals surface area contributed by atoms with Gasteiger partial charge >= 0.3 is 0 Å². The third kappa shape index (κ3) is 2.64. The van der Waals surface area contributed by atoms with Gasteiger partial charge < -0.3 is 9.32 Å². The average Bonchev–Trinajstić information content (AvgIpc) is 3.15. The van der Waals surface area contributed by atoms with Crippen LogP contribution in [-0.2, 0) is 0 Å². The zero-order valence-electron chi connectivity index (χ0n) is 12.4. The third-order valence-corrected chi connectivity index (χ3v) is 3.98. The quantitative estimate of drug-likeness (QED) is 0.853. The molecule has 4 nitrogen and oxygen atoms in total. The van der Waals surface area contributed by atoms with E-state index < -0.39 is 0 Å². The van der Waals surface area contributed by atoms with E-state index in [2.05, 4.69) is 35.9 Å². The van der Waals surface area contributed by atoms with Gasteiger partial charge in [0.15, 0.2) is 0 Å². The summed E-state index contributed by atoms with van der Waals surface area (Å²) in [5.74, 6) is 1.26. The molecule has 0 saturated carbocycles. The van der Waals surface area contributed by atoms with Gasteiger partial charge in [-0.1, -0.05) is 26.0 Å². The fourth-order valence-corrected chi connectivity index (χ4v) is 2.83. The molecule has 0 bridgehead atoms. The van der Waals surface area contributed by atoms with Crippen LogP contribution in [0.15, 0.2) is 34.9 Å². The van der Waals surface area contributed by atoms with Crippen molar-refractivity contribution in [1.82, 2.24) is 4.98 Å². The Morgan fingerprint density at radius 3 is 3.00 bits per heavy atom. The summed E-state index contributed by atoms with van der Waals surface area (Å²) in [6.07, 6.45) is 4.00. The molecule has 1 aromatic heterocycles. The molecule has 0 N–H and O–H groups in total. The van der Waals surface area contributed by atoms with Gasteiger partial charge in [-0.25, -0.2) is 4.98 Å². The average molecular weight is 281 g/mol. The minimum absolute atomic E-state index is 0.247. The topological polar surface area (TPSA) is 53.1 Å². The number of oxazole rings is 1. The fraction of sp³-hybridized carbons (Fsp3) is 0.412. The lowest BCUT2D eigenvalue weighted by molar-refractivity contribution is 0.468. The second-order valence-electron chi connectivity index (χ2n) is 5.79. The highest BCUT2D eigenvalue weighted by atomic mass is 16.4. The predicted molar refractivity (Wildman–Crippen MR) is 81.1 cm³/mol. The van der Waals surface area contributed by atoms with Crippen LogP contribution in [0, 0.1) is 11.3 Å². The molecule has 0 amide bonds. The van der Waals surface area contributed by atoms with Crippen LogP contribution in [0.1, 0.15) is 55.5 Å². The lowest BCUT2D eigenvalue weighted by Gasteiger charge is -2.23. The van der Waals surface area contributed by atoms with Crippen molar-refractivity contribution < 1.29 is 4.42 Å². The zero-order valence-corrected chi connectivity index (χ0v) is 12.4. The normalized spacial score (nSPS) is 18.2. The first-order chi connectivity index (χ1) is 10.2. The number of nitrogens with zero attached hydrogens (tertiary/aromatic N) is 3. The van der Waals surface area contributed by atoms with Gasteiger partial charge in [0.2, 0.25) is 0 Å². The first kappa shape index (κ1) is 13.7. The minimum Gasteiger partial charge on any atom is -0.428 e. The maximum atomic E-state index is 9.06. The maximum Gasteiger partial charge on any atom is 0.297 e. The predicted octanol–water partition coefficient (Wildman–Crippen LogP) is 4.01. The Morgan fingerprint density at radius 1 is 1.43 bits per heavy atom. The van der Waals surface area contributed by atoms with Crippen molar-refractivity contribution in [3.05, 3.63) is 47.3 Å². The molecule has 21 heavy (non-hydrogen) atoms. The van der Waals surface area contributed by atoms with E-state index in [9.17, 15) is 0 Å². The van der Waals surface area contributed by atoms with Crippen molar-refractivity contribution in [3.8, 4) is 6.07 Å². The van der Waals surface area contributed by atoms with Crippen LogP contribution in [0.5, 0.6) is 0 Å². The van der Waals surface area contributed by atoms with Crippen molar-refractivity contribution in [1.29, 1.82) is 5.26 Å². The lowest BCUT2D eigenvalue weighted by Crippen LogP contribution is -2.22. The summed E-state index contributed by atoms with van der Waals surface area (Å²) in [6.45, 7) is 5.14. The van der Waals surface area contributed by atoms with E-state index in [1.54, 1.807) is 0 Å². The van der Waals surface area contributed by atoms with Gasteiger partial charge in [0.25, 0.3) is 6.01 Å². The highest BCUT2D eigenvalue weighted by Crippen LogP contribution is 2.36. The molecule has 0 spiro atoms. The molecule has 1 fully saturated rings. The van der Waals surface area contributed by atoms with Gasteiger partial charge in [-0.05, 0) is 30.5 Å². The molecule has 1 aliphatic rings. The number of aromatic nitrogens is 1. The van der Waals surface area contributed by atoms with Gasteiger partial charge in [0, 0.05) is 12.5 Å². The lowest BCUT2D eigenvalue weighted by atomic mass is 10.0.